The highest BCUT2D eigenvalue weighted by atomic mass is 35.5. The molecule has 0 saturated carbocycles. The third-order valence-electron chi connectivity index (χ3n) is 3.84. The Morgan fingerprint density at radius 3 is 2.04 bits per heavy atom. The number of benzene rings is 1. The molecule has 4 nitrogen and oxygen atoms in total. The number of hydrogen-bond donors (Lipinski definition) is 0. The van der Waals surface area contributed by atoms with E-state index in [-0.39, 0.29) is 18.8 Å². The van der Waals surface area contributed by atoms with Gasteiger partial charge in [-0.2, -0.15) is 0 Å². The van der Waals surface area contributed by atoms with Gasteiger partial charge in [0.05, 0.1) is 6.61 Å². The Hall–Kier alpha value is -1.26. The van der Waals surface area contributed by atoms with Gasteiger partial charge in [-0.3, -0.25) is 9.59 Å². The average molecular weight is 403 g/mol. The van der Waals surface area contributed by atoms with Gasteiger partial charge >= 0.3 is 11.9 Å². The molecule has 0 aromatic heterocycles. The van der Waals surface area contributed by atoms with Crippen LogP contribution in [0.25, 0.3) is 0 Å². The number of carbonyl (C=O) groups is 2. The fraction of sp³-hybridized carbons (Fsp3) is 0.600. The maximum absolute atomic E-state index is 11.8. The lowest BCUT2D eigenvalue weighted by Crippen LogP contribution is -2.10. The van der Waals surface area contributed by atoms with Crippen LogP contribution < -0.4 is 4.74 Å². The van der Waals surface area contributed by atoms with Crippen LogP contribution in [0.1, 0.15) is 71.1 Å². The van der Waals surface area contributed by atoms with Crippen molar-refractivity contribution in [3.8, 4) is 5.75 Å². The van der Waals surface area contributed by atoms with Gasteiger partial charge in [-0.25, -0.2) is 0 Å². The van der Waals surface area contributed by atoms with E-state index in [1.165, 1.54) is 44.2 Å². The third-order valence-corrected chi connectivity index (χ3v) is 4.28. The predicted molar refractivity (Wildman–Crippen MR) is 105 cm³/mol. The molecule has 0 heterocycles. The van der Waals surface area contributed by atoms with Crippen LogP contribution in [-0.2, 0) is 14.3 Å². The molecule has 0 aliphatic heterocycles. The Balaban J connectivity index is 2.05. The van der Waals surface area contributed by atoms with Gasteiger partial charge in [0, 0.05) is 22.9 Å². The first-order chi connectivity index (χ1) is 12.5. The number of rotatable bonds is 13. The molecule has 0 atom stereocenters. The van der Waals surface area contributed by atoms with Crippen LogP contribution in [0.4, 0.5) is 0 Å². The van der Waals surface area contributed by atoms with Crippen molar-refractivity contribution in [2.24, 2.45) is 0 Å². The van der Waals surface area contributed by atoms with Crippen LogP contribution in [-0.4, -0.2) is 18.5 Å². The molecule has 0 fully saturated rings. The van der Waals surface area contributed by atoms with E-state index in [9.17, 15) is 9.59 Å². The van der Waals surface area contributed by atoms with Gasteiger partial charge in [0.15, 0.2) is 0 Å². The number of unbranched alkanes of at least 4 members (excludes halogenated alkanes) is 6. The van der Waals surface area contributed by atoms with Crippen molar-refractivity contribution in [1.29, 1.82) is 0 Å². The second-order valence-corrected chi connectivity index (χ2v) is 7.15. The summed E-state index contributed by atoms with van der Waals surface area (Å²) in [5, 5.41) is 0.795. The van der Waals surface area contributed by atoms with Crippen molar-refractivity contribution in [2.75, 3.05) is 6.61 Å². The molecule has 0 amide bonds. The topological polar surface area (TPSA) is 52.6 Å². The molecule has 1 rings (SSSR count). The molecule has 1 aromatic carbocycles. The highest BCUT2D eigenvalue weighted by molar-refractivity contribution is 6.34. The molecule has 0 aliphatic carbocycles. The van der Waals surface area contributed by atoms with Crippen molar-refractivity contribution >= 4 is 35.1 Å². The lowest BCUT2D eigenvalue weighted by Gasteiger charge is -2.06. The number of ether oxygens (including phenoxy) is 2. The third kappa shape index (κ3) is 11.4. The Morgan fingerprint density at radius 1 is 0.808 bits per heavy atom. The SMILES string of the molecule is CCCCCCCCCOC(=O)CCCC(=O)Oc1cc(Cl)cc(Cl)c1. The van der Waals surface area contributed by atoms with Crippen LogP contribution in [0.2, 0.25) is 10.0 Å². The zero-order valence-corrected chi connectivity index (χ0v) is 16.9. The molecule has 0 spiro atoms. The second-order valence-electron chi connectivity index (χ2n) is 6.27. The summed E-state index contributed by atoms with van der Waals surface area (Å²) in [7, 11) is 0. The molecule has 1 aromatic rings. The standard InChI is InChI=1S/C20H28Cl2O4/c1-2-3-4-5-6-7-8-12-25-19(23)10-9-11-20(24)26-18-14-16(21)13-17(22)15-18/h13-15H,2-12H2,1H3. The van der Waals surface area contributed by atoms with Crippen molar-refractivity contribution < 1.29 is 19.1 Å². The average Bonchev–Trinajstić information content (AvgIpc) is 2.56. The molecule has 0 saturated heterocycles. The summed E-state index contributed by atoms with van der Waals surface area (Å²) in [6.07, 6.45) is 8.99. The second kappa shape index (κ2) is 13.9. The zero-order valence-electron chi connectivity index (χ0n) is 15.4. The molecule has 26 heavy (non-hydrogen) atoms. The number of halogens is 2. The summed E-state index contributed by atoms with van der Waals surface area (Å²) in [6.45, 7) is 2.66. The minimum Gasteiger partial charge on any atom is -0.466 e. The smallest absolute Gasteiger partial charge is 0.311 e. The van der Waals surface area contributed by atoms with Crippen LogP contribution in [0, 0.1) is 0 Å². The Kier molecular flexibility index (Phi) is 12.2. The van der Waals surface area contributed by atoms with E-state index in [1.54, 1.807) is 6.07 Å². The largest absolute Gasteiger partial charge is 0.466 e. The summed E-state index contributed by atoms with van der Waals surface area (Å²) < 4.78 is 10.3. The van der Waals surface area contributed by atoms with Crippen LogP contribution in [0.15, 0.2) is 18.2 Å². The number of hydrogen-bond acceptors (Lipinski definition) is 4. The van der Waals surface area contributed by atoms with E-state index in [0.29, 0.717) is 28.8 Å². The molecule has 0 bridgehead atoms. The Morgan fingerprint density at radius 2 is 1.38 bits per heavy atom. The summed E-state index contributed by atoms with van der Waals surface area (Å²) in [5.41, 5.74) is 0. The molecular weight excluding hydrogens is 375 g/mol. The van der Waals surface area contributed by atoms with E-state index in [4.69, 9.17) is 32.7 Å². The first-order valence-electron chi connectivity index (χ1n) is 9.33. The predicted octanol–water partition coefficient (Wildman–Crippen LogP) is 6.36. The summed E-state index contributed by atoms with van der Waals surface area (Å²) in [4.78, 5) is 23.4. The number of esters is 2. The van der Waals surface area contributed by atoms with Crippen molar-refractivity contribution in [2.45, 2.75) is 71.1 Å². The van der Waals surface area contributed by atoms with E-state index in [2.05, 4.69) is 6.92 Å². The minimum absolute atomic E-state index is 0.136. The minimum atomic E-state index is -0.428. The molecule has 0 aliphatic rings. The zero-order chi connectivity index (χ0) is 19.2. The summed E-state index contributed by atoms with van der Waals surface area (Å²) in [5.74, 6) is -0.396. The van der Waals surface area contributed by atoms with Gasteiger partial charge in [-0.1, -0.05) is 68.7 Å². The highest BCUT2D eigenvalue weighted by Crippen LogP contribution is 2.24. The van der Waals surface area contributed by atoms with Gasteiger partial charge in [0.25, 0.3) is 0 Å². The first-order valence-corrected chi connectivity index (χ1v) is 10.1. The van der Waals surface area contributed by atoms with E-state index >= 15 is 0 Å². The highest BCUT2D eigenvalue weighted by Gasteiger charge is 2.09. The van der Waals surface area contributed by atoms with E-state index in [1.807, 2.05) is 0 Å². The monoisotopic (exact) mass is 402 g/mol. The summed E-state index contributed by atoms with van der Waals surface area (Å²) in [6, 6.07) is 4.59. The molecular formula is C20H28Cl2O4. The maximum atomic E-state index is 11.8. The lowest BCUT2D eigenvalue weighted by atomic mass is 10.1. The van der Waals surface area contributed by atoms with Gasteiger partial charge in [-0.15, -0.1) is 0 Å². The molecule has 6 heteroatoms. The Labute approximate surface area is 166 Å². The fourth-order valence-electron chi connectivity index (χ4n) is 2.46. The van der Waals surface area contributed by atoms with Gasteiger partial charge in [-0.05, 0) is 31.0 Å². The maximum Gasteiger partial charge on any atom is 0.311 e. The van der Waals surface area contributed by atoms with Crippen molar-refractivity contribution in [3.63, 3.8) is 0 Å². The fourth-order valence-corrected chi connectivity index (χ4v) is 2.97. The first kappa shape index (κ1) is 22.8. The molecule has 0 N–H and O–H groups in total. The number of carbonyl (C=O) groups excluding carboxylic acids is 2. The summed E-state index contributed by atoms with van der Waals surface area (Å²) >= 11 is 11.7. The molecule has 146 valence electrons. The van der Waals surface area contributed by atoms with Gasteiger partial charge in [0.2, 0.25) is 0 Å². The lowest BCUT2D eigenvalue weighted by molar-refractivity contribution is -0.144. The Bertz CT molecular complexity index is 540. The van der Waals surface area contributed by atoms with E-state index in [0.717, 1.165) is 12.8 Å². The van der Waals surface area contributed by atoms with Crippen molar-refractivity contribution in [1.82, 2.24) is 0 Å². The van der Waals surface area contributed by atoms with Crippen LogP contribution in [0.3, 0.4) is 0 Å². The molecule has 0 unspecified atom stereocenters. The van der Waals surface area contributed by atoms with E-state index < -0.39 is 5.97 Å². The van der Waals surface area contributed by atoms with Crippen molar-refractivity contribution in [3.05, 3.63) is 28.2 Å². The van der Waals surface area contributed by atoms with Gasteiger partial charge in [0.1, 0.15) is 5.75 Å². The molecule has 0 radical (unpaired) electrons. The van der Waals surface area contributed by atoms with Gasteiger partial charge < -0.3 is 9.47 Å². The normalized spacial score (nSPS) is 10.6. The van der Waals surface area contributed by atoms with Crippen LogP contribution >= 0.6 is 23.2 Å². The quantitative estimate of drug-likeness (QED) is 0.218. The van der Waals surface area contributed by atoms with Crippen LogP contribution in [0.5, 0.6) is 5.75 Å².